The van der Waals surface area contributed by atoms with Gasteiger partial charge in [0.2, 0.25) is 5.91 Å². The molecule has 3 aromatic rings. The predicted octanol–water partition coefficient (Wildman–Crippen LogP) is 3.23. The largest absolute Gasteiger partial charge is 0.345 e. The van der Waals surface area contributed by atoms with Crippen molar-refractivity contribution in [2.75, 3.05) is 11.1 Å². The van der Waals surface area contributed by atoms with E-state index in [2.05, 4.69) is 32.4 Å². The number of hydrogen-bond donors (Lipinski definition) is 2. The van der Waals surface area contributed by atoms with Gasteiger partial charge in [0.1, 0.15) is 0 Å². The van der Waals surface area contributed by atoms with Gasteiger partial charge in [-0.3, -0.25) is 9.59 Å². The molecule has 0 fully saturated rings. The molecule has 0 atom stereocenters. The maximum Gasteiger partial charge on any atom is 0.251 e. The van der Waals surface area contributed by atoms with Crippen LogP contribution in [-0.4, -0.2) is 37.3 Å². The first-order chi connectivity index (χ1) is 14.1. The molecule has 0 saturated carbocycles. The zero-order valence-electron chi connectivity index (χ0n) is 15.2. The van der Waals surface area contributed by atoms with Crippen molar-refractivity contribution in [2.24, 2.45) is 0 Å². The number of carbonyl (C=O) groups excluding carboxylic acids is 2. The van der Waals surface area contributed by atoms with Crippen molar-refractivity contribution in [3.63, 3.8) is 0 Å². The second-order valence-electron chi connectivity index (χ2n) is 5.66. The van der Waals surface area contributed by atoms with Gasteiger partial charge in [0.15, 0.2) is 16.1 Å². The molecule has 0 aliphatic rings. The summed E-state index contributed by atoms with van der Waals surface area (Å²) in [6.07, 6.45) is 3.33. The first-order valence-electron chi connectivity index (χ1n) is 8.45. The highest BCUT2D eigenvalue weighted by molar-refractivity contribution is 7.99. The first kappa shape index (κ1) is 21.0. The van der Waals surface area contributed by atoms with Gasteiger partial charge < -0.3 is 15.2 Å². The molecule has 2 aromatic heterocycles. The summed E-state index contributed by atoms with van der Waals surface area (Å²) in [5, 5.41) is 17.3. The quantitative estimate of drug-likeness (QED) is 0.385. The SMILES string of the molecule is C=CCn1c(CNC(=O)c2ccc(Cl)cc2)nnc1SCC(=O)Nc1nccs1. The average molecular weight is 449 g/mol. The molecule has 2 N–H and O–H groups in total. The highest BCUT2D eigenvalue weighted by Crippen LogP contribution is 2.18. The van der Waals surface area contributed by atoms with Gasteiger partial charge in [-0.1, -0.05) is 29.4 Å². The van der Waals surface area contributed by atoms with Crippen LogP contribution in [0.15, 0.2) is 53.7 Å². The van der Waals surface area contributed by atoms with Crippen molar-refractivity contribution >= 4 is 51.6 Å². The zero-order chi connectivity index (χ0) is 20.6. The lowest BCUT2D eigenvalue weighted by molar-refractivity contribution is -0.113. The van der Waals surface area contributed by atoms with Crippen molar-refractivity contribution in [1.29, 1.82) is 0 Å². The van der Waals surface area contributed by atoms with E-state index in [0.717, 1.165) is 0 Å². The van der Waals surface area contributed by atoms with Crippen LogP contribution < -0.4 is 10.6 Å². The highest BCUT2D eigenvalue weighted by atomic mass is 35.5. The molecule has 0 unspecified atom stereocenters. The third-order valence-corrected chi connectivity index (χ3v) is 5.54. The molecule has 11 heteroatoms. The van der Waals surface area contributed by atoms with Gasteiger partial charge in [-0.2, -0.15) is 0 Å². The smallest absolute Gasteiger partial charge is 0.251 e. The van der Waals surface area contributed by atoms with Gasteiger partial charge in [0, 0.05) is 28.7 Å². The average Bonchev–Trinajstić information content (AvgIpc) is 3.35. The standard InChI is InChI=1S/C18H17ClN6O2S2/c1-2-8-25-14(10-21-16(27)12-3-5-13(19)6-4-12)23-24-18(25)29-11-15(26)22-17-20-7-9-28-17/h2-7,9H,1,8,10-11H2,(H,21,27)(H,20,22,26). The highest BCUT2D eigenvalue weighted by Gasteiger charge is 2.15. The zero-order valence-corrected chi connectivity index (χ0v) is 17.6. The van der Waals surface area contributed by atoms with Crippen LogP contribution in [-0.2, 0) is 17.9 Å². The van der Waals surface area contributed by atoms with Gasteiger partial charge in [-0.25, -0.2) is 4.98 Å². The van der Waals surface area contributed by atoms with E-state index in [1.165, 1.54) is 23.1 Å². The fraction of sp³-hybridized carbons (Fsp3) is 0.167. The summed E-state index contributed by atoms with van der Waals surface area (Å²) in [5.41, 5.74) is 0.498. The maximum atomic E-state index is 12.3. The van der Waals surface area contributed by atoms with Crippen LogP contribution in [0, 0.1) is 0 Å². The van der Waals surface area contributed by atoms with Crippen molar-refractivity contribution in [1.82, 2.24) is 25.1 Å². The van der Waals surface area contributed by atoms with Crippen LogP contribution in [0.5, 0.6) is 0 Å². The Morgan fingerprint density at radius 3 is 2.76 bits per heavy atom. The van der Waals surface area contributed by atoms with Gasteiger partial charge in [-0.15, -0.1) is 28.1 Å². The fourth-order valence-corrected chi connectivity index (χ4v) is 3.74. The van der Waals surface area contributed by atoms with E-state index >= 15 is 0 Å². The minimum atomic E-state index is -0.244. The summed E-state index contributed by atoms with van der Waals surface area (Å²) in [7, 11) is 0. The molecule has 2 amide bonds. The monoisotopic (exact) mass is 448 g/mol. The van der Waals surface area contributed by atoms with Crippen molar-refractivity contribution in [3.8, 4) is 0 Å². The number of halogens is 1. The first-order valence-corrected chi connectivity index (χ1v) is 10.7. The summed E-state index contributed by atoms with van der Waals surface area (Å²) in [6, 6.07) is 6.60. The van der Waals surface area contributed by atoms with Crippen molar-refractivity contribution in [2.45, 2.75) is 18.2 Å². The van der Waals surface area contributed by atoms with Gasteiger partial charge in [0.25, 0.3) is 5.91 Å². The summed E-state index contributed by atoms with van der Waals surface area (Å²) in [6.45, 7) is 4.38. The number of nitrogens with zero attached hydrogens (tertiary/aromatic N) is 4. The lowest BCUT2D eigenvalue weighted by Gasteiger charge is -2.09. The lowest BCUT2D eigenvalue weighted by atomic mass is 10.2. The molecule has 150 valence electrons. The number of thioether (sulfide) groups is 1. The van der Waals surface area contributed by atoms with E-state index in [1.54, 1.807) is 46.5 Å². The van der Waals surface area contributed by atoms with E-state index in [-0.39, 0.29) is 24.1 Å². The number of carbonyl (C=O) groups is 2. The molecule has 0 bridgehead atoms. The molecule has 0 radical (unpaired) electrons. The maximum absolute atomic E-state index is 12.3. The second kappa shape index (κ2) is 10.2. The van der Waals surface area contributed by atoms with Crippen LogP contribution in [0.3, 0.4) is 0 Å². The Kier molecular flexibility index (Phi) is 7.39. The number of aromatic nitrogens is 4. The van der Waals surface area contributed by atoms with Crippen LogP contribution in [0.2, 0.25) is 5.02 Å². The molecule has 0 saturated heterocycles. The van der Waals surface area contributed by atoms with E-state index in [0.29, 0.717) is 33.2 Å². The van der Waals surface area contributed by atoms with E-state index in [4.69, 9.17) is 11.6 Å². The van der Waals surface area contributed by atoms with Gasteiger partial charge in [0.05, 0.1) is 12.3 Å². The minimum absolute atomic E-state index is 0.159. The molecular weight excluding hydrogens is 432 g/mol. The van der Waals surface area contributed by atoms with Gasteiger partial charge in [-0.05, 0) is 24.3 Å². The third-order valence-electron chi connectivity index (χ3n) is 3.63. The number of allylic oxidation sites excluding steroid dienone is 1. The minimum Gasteiger partial charge on any atom is -0.345 e. The summed E-state index contributed by atoms with van der Waals surface area (Å²) in [5.74, 6) is 0.295. The number of thiazole rings is 1. The Bertz CT molecular complexity index is 988. The summed E-state index contributed by atoms with van der Waals surface area (Å²) in [4.78, 5) is 28.3. The Hall–Kier alpha value is -2.69. The van der Waals surface area contributed by atoms with E-state index in [1.807, 2.05) is 0 Å². The van der Waals surface area contributed by atoms with Crippen molar-refractivity contribution in [3.05, 3.63) is 64.9 Å². The summed E-state index contributed by atoms with van der Waals surface area (Å²) >= 11 is 8.44. The second-order valence-corrected chi connectivity index (χ2v) is 7.94. The van der Waals surface area contributed by atoms with Crippen LogP contribution >= 0.6 is 34.7 Å². The van der Waals surface area contributed by atoms with Crippen molar-refractivity contribution < 1.29 is 9.59 Å². The topological polar surface area (TPSA) is 102 Å². The number of benzene rings is 1. The number of amides is 2. The Balaban J connectivity index is 1.60. The van der Waals surface area contributed by atoms with Crippen LogP contribution in [0.4, 0.5) is 5.13 Å². The van der Waals surface area contributed by atoms with E-state index < -0.39 is 0 Å². The van der Waals surface area contributed by atoms with Crippen LogP contribution in [0.25, 0.3) is 0 Å². The molecule has 8 nitrogen and oxygen atoms in total. The van der Waals surface area contributed by atoms with E-state index in [9.17, 15) is 9.59 Å². The number of nitrogens with one attached hydrogen (secondary N) is 2. The Morgan fingerprint density at radius 2 is 2.07 bits per heavy atom. The summed E-state index contributed by atoms with van der Waals surface area (Å²) < 4.78 is 1.80. The molecule has 0 aliphatic carbocycles. The molecule has 0 aliphatic heterocycles. The lowest BCUT2D eigenvalue weighted by Crippen LogP contribution is -2.24. The fourth-order valence-electron chi connectivity index (χ4n) is 2.30. The molecule has 29 heavy (non-hydrogen) atoms. The normalized spacial score (nSPS) is 10.5. The molecule has 2 heterocycles. The third kappa shape index (κ3) is 5.89. The Morgan fingerprint density at radius 1 is 1.28 bits per heavy atom. The molecular formula is C18H17ClN6O2S2. The van der Waals surface area contributed by atoms with Gasteiger partial charge >= 0.3 is 0 Å². The molecule has 3 rings (SSSR count). The molecule has 1 aromatic carbocycles. The number of rotatable bonds is 9. The Labute approximate surface area is 180 Å². The number of hydrogen-bond acceptors (Lipinski definition) is 7. The predicted molar refractivity (Wildman–Crippen MR) is 114 cm³/mol. The number of anilines is 1. The molecule has 0 spiro atoms. The van der Waals surface area contributed by atoms with Crippen LogP contribution in [0.1, 0.15) is 16.2 Å².